The molecule has 2 heterocycles. The Morgan fingerprint density at radius 3 is 2.52 bits per heavy atom. The van der Waals surface area contributed by atoms with Crippen LogP contribution in [0.3, 0.4) is 0 Å². The van der Waals surface area contributed by atoms with Crippen LogP contribution in [0.4, 0.5) is 5.69 Å². The predicted molar refractivity (Wildman–Crippen MR) is 83.0 cm³/mol. The zero-order valence-corrected chi connectivity index (χ0v) is 13.9. The smallest absolute Gasteiger partial charge is 0.320 e. The third-order valence-corrected chi connectivity index (χ3v) is 3.87. The van der Waals surface area contributed by atoms with Crippen LogP contribution in [0.1, 0.15) is 34.4 Å². The number of nitro groups is 1. The summed E-state index contributed by atoms with van der Waals surface area (Å²) in [6.07, 6.45) is 1.28. The summed E-state index contributed by atoms with van der Waals surface area (Å²) in [4.78, 5) is 24.5. The average molecular weight is 320 g/mol. The van der Waals surface area contributed by atoms with E-state index < -0.39 is 10.8 Å². The van der Waals surface area contributed by atoms with Crippen LogP contribution in [0.15, 0.2) is 6.20 Å². The van der Waals surface area contributed by atoms with Crippen molar-refractivity contribution in [2.24, 2.45) is 7.05 Å². The Kier molecular flexibility index (Phi) is 4.48. The lowest BCUT2D eigenvalue weighted by molar-refractivity contribution is -0.385. The van der Waals surface area contributed by atoms with E-state index in [1.165, 1.54) is 15.8 Å². The van der Waals surface area contributed by atoms with Crippen LogP contribution in [0.2, 0.25) is 0 Å². The van der Waals surface area contributed by atoms with Crippen molar-refractivity contribution in [2.45, 2.75) is 33.9 Å². The van der Waals surface area contributed by atoms with Crippen molar-refractivity contribution in [2.75, 3.05) is 7.05 Å². The van der Waals surface area contributed by atoms with Gasteiger partial charge in [-0.3, -0.25) is 24.3 Å². The summed E-state index contributed by atoms with van der Waals surface area (Å²) in [5, 5.41) is 19.5. The molecule has 2 aromatic rings. The summed E-state index contributed by atoms with van der Waals surface area (Å²) < 4.78 is 3.14. The van der Waals surface area contributed by atoms with Crippen LogP contribution < -0.4 is 0 Å². The van der Waals surface area contributed by atoms with Crippen LogP contribution in [-0.2, 0) is 20.1 Å². The van der Waals surface area contributed by atoms with E-state index in [-0.39, 0.29) is 11.4 Å². The number of nitrogens with zero attached hydrogens (tertiary/aromatic N) is 6. The Hall–Kier alpha value is -2.71. The van der Waals surface area contributed by atoms with Gasteiger partial charge in [-0.15, -0.1) is 0 Å². The van der Waals surface area contributed by atoms with Crippen molar-refractivity contribution in [3.05, 3.63) is 39.0 Å². The SMILES string of the molecule is CCn1cc([N+](=O)[O-])c(C(=O)N(C)Cc2c(C)nn(C)c2C)n1. The Labute approximate surface area is 133 Å². The number of hydrogen-bond donors (Lipinski definition) is 0. The molecule has 0 saturated carbocycles. The van der Waals surface area contributed by atoms with Gasteiger partial charge in [0.05, 0.1) is 10.6 Å². The summed E-state index contributed by atoms with van der Waals surface area (Å²) in [5.74, 6) is -0.480. The minimum Gasteiger partial charge on any atom is -0.336 e. The van der Waals surface area contributed by atoms with E-state index in [0.29, 0.717) is 13.1 Å². The van der Waals surface area contributed by atoms with Gasteiger partial charge in [0.15, 0.2) is 0 Å². The van der Waals surface area contributed by atoms with Crippen molar-refractivity contribution in [1.82, 2.24) is 24.5 Å². The monoisotopic (exact) mass is 320 g/mol. The first-order valence-electron chi connectivity index (χ1n) is 7.22. The summed E-state index contributed by atoms with van der Waals surface area (Å²) >= 11 is 0. The Morgan fingerprint density at radius 1 is 1.39 bits per heavy atom. The number of rotatable bonds is 5. The molecule has 0 N–H and O–H groups in total. The van der Waals surface area contributed by atoms with E-state index in [2.05, 4.69) is 10.2 Å². The molecule has 0 aliphatic carbocycles. The summed E-state index contributed by atoms with van der Waals surface area (Å²) in [6, 6.07) is 0. The highest BCUT2D eigenvalue weighted by Gasteiger charge is 2.28. The Morgan fingerprint density at radius 2 is 2.04 bits per heavy atom. The zero-order chi connectivity index (χ0) is 17.3. The molecule has 2 aromatic heterocycles. The molecular weight excluding hydrogens is 300 g/mol. The highest BCUT2D eigenvalue weighted by molar-refractivity contribution is 5.95. The highest BCUT2D eigenvalue weighted by Crippen LogP contribution is 2.20. The Bertz CT molecular complexity index is 761. The van der Waals surface area contributed by atoms with Crippen LogP contribution in [0.5, 0.6) is 0 Å². The molecule has 124 valence electrons. The van der Waals surface area contributed by atoms with Gasteiger partial charge in [-0.2, -0.15) is 10.2 Å². The first kappa shape index (κ1) is 16.7. The van der Waals surface area contributed by atoms with E-state index in [1.807, 2.05) is 20.9 Å². The van der Waals surface area contributed by atoms with Crippen molar-refractivity contribution in [3.63, 3.8) is 0 Å². The molecule has 23 heavy (non-hydrogen) atoms. The van der Waals surface area contributed by atoms with Gasteiger partial charge in [0.2, 0.25) is 5.69 Å². The van der Waals surface area contributed by atoms with Crippen molar-refractivity contribution < 1.29 is 9.72 Å². The maximum Gasteiger partial charge on any atom is 0.320 e. The van der Waals surface area contributed by atoms with Crippen molar-refractivity contribution >= 4 is 11.6 Å². The minimum atomic E-state index is -0.583. The van der Waals surface area contributed by atoms with Gasteiger partial charge in [-0.05, 0) is 20.8 Å². The average Bonchev–Trinajstić information content (AvgIpc) is 3.03. The third kappa shape index (κ3) is 3.08. The molecule has 0 bridgehead atoms. The second-order valence-corrected chi connectivity index (χ2v) is 5.41. The topological polar surface area (TPSA) is 99.1 Å². The highest BCUT2D eigenvalue weighted by atomic mass is 16.6. The molecule has 0 fully saturated rings. The molecule has 0 aliphatic heterocycles. The van der Waals surface area contributed by atoms with Crippen LogP contribution in [0.25, 0.3) is 0 Å². The molecule has 0 radical (unpaired) electrons. The summed E-state index contributed by atoms with van der Waals surface area (Å²) in [5.41, 5.74) is 2.30. The summed E-state index contributed by atoms with van der Waals surface area (Å²) in [6.45, 7) is 6.37. The molecular formula is C14H20N6O3. The lowest BCUT2D eigenvalue weighted by Crippen LogP contribution is -2.27. The zero-order valence-electron chi connectivity index (χ0n) is 13.9. The number of aromatic nitrogens is 4. The second kappa shape index (κ2) is 6.19. The van der Waals surface area contributed by atoms with Crippen LogP contribution in [-0.4, -0.2) is 42.3 Å². The van der Waals surface area contributed by atoms with Crippen LogP contribution >= 0.6 is 0 Å². The molecule has 1 amide bonds. The van der Waals surface area contributed by atoms with Crippen molar-refractivity contribution in [3.8, 4) is 0 Å². The maximum atomic E-state index is 12.6. The molecule has 0 unspecified atom stereocenters. The molecule has 0 aliphatic rings. The van der Waals surface area contributed by atoms with E-state index in [4.69, 9.17) is 0 Å². The van der Waals surface area contributed by atoms with Gasteiger partial charge in [0, 0.05) is 38.4 Å². The van der Waals surface area contributed by atoms with Gasteiger partial charge in [-0.1, -0.05) is 0 Å². The first-order chi connectivity index (χ1) is 10.8. The van der Waals surface area contributed by atoms with E-state index in [1.54, 1.807) is 18.7 Å². The number of amides is 1. The number of carbonyl (C=O) groups is 1. The van der Waals surface area contributed by atoms with Gasteiger partial charge < -0.3 is 4.90 Å². The Balaban J connectivity index is 2.30. The molecule has 9 nitrogen and oxygen atoms in total. The molecule has 0 saturated heterocycles. The molecule has 2 rings (SSSR count). The number of hydrogen-bond acceptors (Lipinski definition) is 5. The van der Waals surface area contributed by atoms with E-state index >= 15 is 0 Å². The number of aryl methyl sites for hydroxylation is 3. The minimum absolute atomic E-state index is 0.140. The van der Waals surface area contributed by atoms with E-state index in [9.17, 15) is 14.9 Å². The second-order valence-electron chi connectivity index (χ2n) is 5.41. The standard InChI is InChI=1S/C14H20N6O3/c1-6-19-8-12(20(22)23)13(16-19)14(21)17(4)7-11-9(2)15-18(5)10(11)3/h8H,6-7H2,1-5H3. The summed E-state index contributed by atoms with van der Waals surface area (Å²) in [7, 11) is 3.43. The molecule has 9 heteroatoms. The third-order valence-electron chi connectivity index (χ3n) is 3.87. The first-order valence-corrected chi connectivity index (χ1v) is 7.22. The lowest BCUT2D eigenvalue weighted by Gasteiger charge is -2.16. The van der Waals surface area contributed by atoms with Gasteiger partial charge in [-0.25, -0.2) is 0 Å². The van der Waals surface area contributed by atoms with E-state index in [0.717, 1.165) is 17.0 Å². The van der Waals surface area contributed by atoms with Crippen molar-refractivity contribution in [1.29, 1.82) is 0 Å². The largest absolute Gasteiger partial charge is 0.336 e. The van der Waals surface area contributed by atoms with Crippen LogP contribution in [0, 0.1) is 24.0 Å². The quantitative estimate of drug-likeness (QED) is 0.613. The maximum absolute atomic E-state index is 12.6. The predicted octanol–water partition coefficient (Wildman–Crippen LogP) is 1.43. The fourth-order valence-corrected chi connectivity index (χ4v) is 2.39. The fourth-order valence-electron chi connectivity index (χ4n) is 2.39. The molecule has 0 spiro atoms. The molecule has 0 atom stereocenters. The van der Waals surface area contributed by atoms with Gasteiger partial charge in [0.25, 0.3) is 5.91 Å². The fraction of sp³-hybridized carbons (Fsp3) is 0.500. The number of carbonyl (C=O) groups excluding carboxylic acids is 1. The van der Waals surface area contributed by atoms with Gasteiger partial charge in [0.1, 0.15) is 6.20 Å². The normalized spacial score (nSPS) is 10.8. The molecule has 0 aromatic carbocycles. The van der Waals surface area contributed by atoms with Gasteiger partial charge >= 0.3 is 5.69 Å². The lowest BCUT2D eigenvalue weighted by atomic mass is 10.2.